The number of benzene rings is 2. The normalized spacial score (nSPS) is 10.9. The van der Waals surface area contributed by atoms with Crippen molar-refractivity contribution in [3.8, 4) is 0 Å². The lowest BCUT2D eigenvalue weighted by Crippen LogP contribution is -1.93. The van der Waals surface area contributed by atoms with E-state index < -0.39 is 0 Å². The molecule has 1 aromatic heterocycles. The molecule has 96 valence electrons. The molecule has 2 aromatic carbocycles. The maximum Gasteiger partial charge on any atom is 0.205 e. The number of hydrogen-bond donors (Lipinski definition) is 2. The van der Waals surface area contributed by atoms with Crippen LogP contribution in [0.3, 0.4) is 0 Å². The summed E-state index contributed by atoms with van der Waals surface area (Å²) >= 11 is 0. The first-order valence-electron chi connectivity index (χ1n) is 6.42. The fraction of sp³-hybridized carbons (Fsp3) is 0.188. The highest BCUT2D eigenvalue weighted by atomic mass is 15.1. The highest BCUT2D eigenvalue weighted by molar-refractivity contribution is 5.79. The van der Waals surface area contributed by atoms with Gasteiger partial charge in [0.1, 0.15) is 0 Å². The van der Waals surface area contributed by atoms with E-state index in [2.05, 4.69) is 66.4 Å². The van der Waals surface area contributed by atoms with Crippen LogP contribution in [0.15, 0.2) is 36.4 Å². The van der Waals surface area contributed by atoms with Gasteiger partial charge in [-0.15, -0.1) is 0 Å². The number of aromatic nitrogens is 2. The summed E-state index contributed by atoms with van der Waals surface area (Å²) in [5, 5.41) is 3.31. The van der Waals surface area contributed by atoms with Crippen LogP contribution in [0.4, 0.5) is 11.6 Å². The van der Waals surface area contributed by atoms with Gasteiger partial charge in [-0.05, 0) is 61.7 Å². The molecule has 0 saturated carbocycles. The van der Waals surface area contributed by atoms with Gasteiger partial charge in [0.2, 0.25) is 5.95 Å². The lowest BCUT2D eigenvalue weighted by molar-refractivity contribution is 1.29. The maximum absolute atomic E-state index is 4.53. The van der Waals surface area contributed by atoms with Crippen molar-refractivity contribution in [1.29, 1.82) is 0 Å². The summed E-state index contributed by atoms with van der Waals surface area (Å²) in [4.78, 5) is 7.83. The molecule has 3 rings (SSSR count). The molecule has 0 fully saturated rings. The van der Waals surface area contributed by atoms with Crippen molar-refractivity contribution in [1.82, 2.24) is 9.97 Å². The number of imidazole rings is 1. The van der Waals surface area contributed by atoms with Gasteiger partial charge in [0.25, 0.3) is 0 Å². The minimum absolute atomic E-state index is 0.781. The summed E-state index contributed by atoms with van der Waals surface area (Å²) in [6.45, 7) is 6.31. The van der Waals surface area contributed by atoms with Gasteiger partial charge in [-0.25, -0.2) is 4.98 Å². The maximum atomic E-state index is 4.53. The average Bonchev–Trinajstić information content (AvgIpc) is 2.75. The zero-order valence-electron chi connectivity index (χ0n) is 11.4. The van der Waals surface area contributed by atoms with Crippen molar-refractivity contribution in [3.05, 3.63) is 53.1 Å². The second kappa shape index (κ2) is 4.43. The Labute approximate surface area is 112 Å². The lowest BCUT2D eigenvalue weighted by atomic mass is 10.1. The molecule has 0 radical (unpaired) electrons. The summed E-state index contributed by atoms with van der Waals surface area (Å²) in [5.41, 5.74) is 6.90. The van der Waals surface area contributed by atoms with Crippen LogP contribution in [0, 0.1) is 20.8 Å². The van der Waals surface area contributed by atoms with Gasteiger partial charge < -0.3 is 10.3 Å². The van der Waals surface area contributed by atoms with E-state index in [1.54, 1.807) is 0 Å². The van der Waals surface area contributed by atoms with E-state index in [0.717, 1.165) is 22.7 Å². The van der Waals surface area contributed by atoms with Crippen molar-refractivity contribution in [3.63, 3.8) is 0 Å². The molecule has 0 spiro atoms. The van der Waals surface area contributed by atoms with Gasteiger partial charge in [-0.2, -0.15) is 0 Å². The zero-order chi connectivity index (χ0) is 13.4. The molecule has 3 nitrogen and oxygen atoms in total. The predicted molar refractivity (Wildman–Crippen MR) is 80.0 cm³/mol. The van der Waals surface area contributed by atoms with Crippen molar-refractivity contribution >= 4 is 22.7 Å². The number of aromatic amines is 1. The SMILES string of the molecule is Cc1ccc2nc(Nc3ccc(C)c(C)c3)[nH]c2c1. The topological polar surface area (TPSA) is 40.7 Å². The molecule has 0 aliphatic heterocycles. The van der Waals surface area contributed by atoms with Crippen LogP contribution < -0.4 is 5.32 Å². The molecule has 0 aliphatic carbocycles. The van der Waals surface area contributed by atoms with E-state index in [4.69, 9.17) is 0 Å². The van der Waals surface area contributed by atoms with Crippen LogP contribution in [0.1, 0.15) is 16.7 Å². The van der Waals surface area contributed by atoms with E-state index in [1.165, 1.54) is 16.7 Å². The third-order valence-corrected chi connectivity index (χ3v) is 3.41. The quantitative estimate of drug-likeness (QED) is 0.715. The van der Waals surface area contributed by atoms with Crippen LogP contribution in [0.25, 0.3) is 11.0 Å². The third kappa shape index (κ3) is 2.32. The summed E-state index contributed by atoms with van der Waals surface area (Å²) in [6, 6.07) is 12.5. The largest absolute Gasteiger partial charge is 0.326 e. The van der Waals surface area contributed by atoms with Crippen molar-refractivity contribution in [2.24, 2.45) is 0 Å². The smallest absolute Gasteiger partial charge is 0.205 e. The number of nitrogens with one attached hydrogen (secondary N) is 2. The number of rotatable bonds is 2. The van der Waals surface area contributed by atoms with Gasteiger partial charge in [0.05, 0.1) is 11.0 Å². The first-order chi connectivity index (χ1) is 9.11. The Kier molecular flexibility index (Phi) is 2.75. The van der Waals surface area contributed by atoms with Crippen LogP contribution in [-0.4, -0.2) is 9.97 Å². The fourth-order valence-corrected chi connectivity index (χ4v) is 2.14. The van der Waals surface area contributed by atoms with Crippen LogP contribution in [-0.2, 0) is 0 Å². The monoisotopic (exact) mass is 251 g/mol. The summed E-state index contributed by atoms with van der Waals surface area (Å²) in [5.74, 6) is 0.781. The molecular weight excluding hydrogens is 234 g/mol. The number of fused-ring (bicyclic) bond motifs is 1. The fourth-order valence-electron chi connectivity index (χ4n) is 2.14. The first kappa shape index (κ1) is 11.8. The molecule has 2 N–H and O–H groups in total. The first-order valence-corrected chi connectivity index (χ1v) is 6.42. The van der Waals surface area contributed by atoms with Crippen LogP contribution >= 0.6 is 0 Å². The Morgan fingerprint density at radius 2 is 1.79 bits per heavy atom. The number of hydrogen-bond acceptors (Lipinski definition) is 2. The van der Waals surface area contributed by atoms with Gasteiger partial charge in [0.15, 0.2) is 0 Å². The van der Waals surface area contributed by atoms with Crippen LogP contribution in [0.5, 0.6) is 0 Å². The number of nitrogens with zero attached hydrogens (tertiary/aromatic N) is 1. The van der Waals surface area contributed by atoms with E-state index in [1.807, 2.05) is 6.07 Å². The van der Waals surface area contributed by atoms with Crippen molar-refractivity contribution in [2.45, 2.75) is 20.8 Å². The average molecular weight is 251 g/mol. The predicted octanol–water partition coefficient (Wildman–Crippen LogP) is 4.23. The van der Waals surface area contributed by atoms with Gasteiger partial charge in [0, 0.05) is 5.69 Å². The number of aryl methyl sites for hydroxylation is 3. The Morgan fingerprint density at radius 1 is 0.947 bits per heavy atom. The molecule has 0 atom stereocenters. The lowest BCUT2D eigenvalue weighted by Gasteiger charge is -2.05. The highest BCUT2D eigenvalue weighted by Gasteiger charge is 2.03. The molecule has 0 bridgehead atoms. The molecule has 1 heterocycles. The van der Waals surface area contributed by atoms with E-state index >= 15 is 0 Å². The van der Waals surface area contributed by atoms with E-state index in [0.29, 0.717) is 0 Å². The minimum Gasteiger partial charge on any atom is -0.326 e. The summed E-state index contributed by atoms with van der Waals surface area (Å²) in [6.07, 6.45) is 0. The second-order valence-electron chi connectivity index (χ2n) is 5.03. The number of anilines is 2. The summed E-state index contributed by atoms with van der Waals surface area (Å²) < 4.78 is 0. The van der Waals surface area contributed by atoms with Gasteiger partial charge >= 0.3 is 0 Å². The third-order valence-electron chi connectivity index (χ3n) is 3.41. The molecule has 0 unspecified atom stereocenters. The molecule has 3 aromatic rings. The Hall–Kier alpha value is -2.29. The second-order valence-corrected chi connectivity index (χ2v) is 5.03. The van der Waals surface area contributed by atoms with E-state index in [9.17, 15) is 0 Å². The molecular formula is C16H17N3. The Balaban J connectivity index is 1.94. The van der Waals surface area contributed by atoms with Crippen molar-refractivity contribution in [2.75, 3.05) is 5.32 Å². The standard InChI is InChI=1S/C16H17N3/c1-10-4-7-14-15(8-10)19-16(18-14)17-13-6-5-11(2)12(3)9-13/h4-9H,1-3H3,(H2,17,18,19). The van der Waals surface area contributed by atoms with Crippen LogP contribution in [0.2, 0.25) is 0 Å². The van der Waals surface area contributed by atoms with Crippen molar-refractivity contribution < 1.29 is 0 Å². The van der Waals surface area contributed by atoms with Gasteiger partial charge in [-0.3, -0.25) is 0 Å². The molecule has 3 heteroatoms. The zero-order valence-corrected chi connectivity index (χ0v) is 11.4. The molecule has 0 saturated heterocycles. The molecule has 0 amide bonds. The minimum atomic E-state index is 0.781. The Morgan fingerprint density at radius 3 is 2.58 bits per heavy atom. The number of H-pyrrole nitrogens is 1. The summed E-state index contributed by atoms with van der Waals surface area (Å²) in [7, 11) is 0. The molecule has 0 aliphatic rings. The Bertz CT molecular complexity index is 741. The van der Waals surface area contributed by atoms with E-state index in [-0.39, 0.29) is 0 Å². The van der Waals surface area contributed by atoms with Gasteiger partial charge in [-0.1, -0.05) is 12.1 Å². The molecule has 19 heavy (non-hydrogen) atoms. The highest BCUT2D eigenvalue weighted by Crippen LogP contribution is 2.21.